The Morgan fingerprint density at radius 3 is 2.87 bits per heavy atom. The molecule has 1 aliphatic rings. The lowest BCUT2D eigenvalue weighted by atomic mass is 10.2. The molecule has 166 valence electrons. The van der Waals surface area contributed by atoms with Gasteiger partial charge in [0.2, 0.25) is 5.95 Å². The van der Waals surface area contributed by atoms with Crippen molar-refractivity contribution in [2.75, 3.05) is 50.2 Å². The fourth-order valence-electron chi connectivity index (χ4n) is 3.71. The van der Waals surface area contributed by atoms with Crippen molar-refractivity contribution in [3.8, 4) is 5.75 Å². The van der Waals surface area contributed by atoms with Crippen LogP contribution in [0.15, 0.2) is 18.3 Å². The van der Waals surface area contributed by atoms with E-state index in [1.807, 2.05) is 30.7 Å². The maximum Gasteiger partial charge on any atom is 0.228 e. The molecule has 3 aromatic rings. The molecule has 0 aliphatic carbocycles. The molecule has 1 saturated heterocycles. The van der Waals surface area contributed by atoms with Gasteiger partial charge in [-0.15, -0.1) is 0 Å². The minimum absolute atomic E-state index is 0.378. The second-order valence-corrected chi connectivity index (χ2v) is 7.58. The van der Waals surface area contributed by atoms with Crippen LogP contribution in [0.5, 0.6) is 5.75 Å². The fourth-order valence-corrected chi connectivity index (χ4v) is 3.71. The normalized spacial score (nSPS) is 16.6. The number of rotatable bonds is 8. The first-order chi connectivity index (χ1) is 15.1. The largest absolute Gasteiger partial charge is 0.495 e. The first-order valence-corrected chi connectivity index (χ1v) is 10.7. The van der Waals surface area contributed by atoms with Crippen LogP contribution < -0.4 is 20.3 Å². The van der Waals surface area contributed by atoms with Gasteiger partial charge in [0.25, 0.3) is 0 Å². The van der Waals surface area contributed by atoms with E-state index in [0.29, 0.717) is 49.1 Å². The molecule has 3 aromatic heterocycles. The number of nitrogens with zero attached hydrogens (tertiary/aromatic N) is 6. The van der Waals surface area contributed by atoms with Gasteiger partial charge in [0.15, 0.2) is 5.82 Å². The van der Waals surface area contributed by atoms with Crippen LogP contribution in [0.25, 0.3) is 11.0 Å². The maximum absolute atomic E-state index is 5.55. The third-order valence-electron chi connectivity index (χ3n) is 5.27. The van der Waals surface area contributed by atoms with Crippen LogP contribution in [-0.2, 0) is 11.3 Å². The van der Waals surface area contributed by atoms with Gasteiger partial charge in [0.1, 0.15) is 22.6 Å². The zero-order chi connectivity index (χ0) is 21.8. The summed E-state index contributed by atoms with van der Waals surface area (Å²) in [5, 5.41) is 11.5. The molecule has 1 atom stereocenters. The molecule has 1 fully saturated rings. The van der Waals surface area contributed by atoms with E-state index in [4.69, 9.17) is 24.5 Å². The van der Waals surface area contributed by atoms with Gasteiger partial charge in [-0.25, -0.2) is 9.97 Å². The summed E-state index contributed by atoms with van der Waals surface area (Å²) in [6, 6.07) is 4.11. The molecule has 1 aliphatic heterocycles. The van der Waals surface area contributed by atoms with E-state index in [2.05, 4.69) is 27.4 Å². The second kappa shape index (κ2) is 9.44. The number of fused-ring (bicyclic) bond motifs is 1. The molecule has 0 saturated carbocycles. The highest BCUT2D eigenvalue weighted by Gasteiger charge is 2.23. The van der Waals surface area contributed by atoms with E-state index in [0.717, 1.165) is 36.4 Å². The number of piperazine rings is 1. The minimum Gasteiger partial charge on any atom is -0.495 e. The summed E-state index contributed by atoms with van der Waals surface area (Å²) in [6.45, 7) is 10.6. The highest BCUT2D eigenvalue weighted by atomic mass is 16.5. The van der Waals surface area contributed by atoms with Gasteiger partial charge in [0.05, 0.1) is 32.2 Å². The summed E-state index contributed by atoms with van der Waals surface area (Å²) >= 11 is 0. The van der Waals surface area contributed by atoms with Gasteiger partial charge in [-0.1, -0.05) is 0 Å². The number of pyridine rings is 1. The highest BCUT2D eigenvalue weighted by Crippen LogP contribution is 2.28. The summed E-state index contributed by atoms with van der Waals surface area (Å²) in [6.07, 6.45) is 1.68. The number of aryl methyl sites for hydroxylation is 1. The Morgan fingerprint density at radius 1 is 1.29 bits per heavy atom. The van der Waals surface area contributed by atoms with Gasteiger partial charge >= 0.3 is 0 Å². The van der Waals surface area contributed by atoms with Gasteiger partial charge in [-0.3, -0.25) is 4.68 Å². The van der Waals surface area contributed by atoms with Gasteiger partial charge in [0, 0.05) is 32.3 Å². The van der Waals surface area contributed by atoms with Crippen molar-refractivity contribution < 1.29 is 9.47 Å². The van der Waals surface area contributed by atoms with E-state index < -0.39 is 0 Å². The number of hydrogen-bond donors (Lipinski definition) is 2. The number of ether oxygens (including phenoxy) is 2. The van der Waals surface area contributed by atoms with Gasteiger partial charge in [-0.2, -0.15) is 10.1 Å². The predicted molar refractivity (Wildman–Crippen MR) is 120 cm³/mol. The van der Waals surface area contributed by atoms with Gasteiger partial charge < -0.3 is 25.0 Å². The molecule has 0 amide bonds. The van der Waals surface area contributed by atoms with E-state index >= 15 is 0 Å². The SMILES string of the molecule is CCOCCn1nc(C)c2nc(N3CCN[C@H](C)C3)nc(Nc3ccc(OC)cn3)c21. The van der Waals surface area contributed by atoms with E-state index in [-0.39, 0.29) is 0 Å². The Hall–Kier alpha value is -2.98. The fraction of sp³-hybridized carbons (Fsp3) is 0.524. The summed E-state index contributed by atoms with van der Waals surface area (Å²) in [7, 11) is 1.62. The minimum atomic E-state index is 0.378. The summed E-state index contributed by atoms with van der Waals surface area (Å²) in [5.41, 5.74) is 2.55. The standard InChI is InChI=1S/C21H30N8O2/c1-5-31-11-10-29-19-18(15(3)27-29)25-21(28-9-8-22-14(2)13-28)26-20(19)24-17-7-6-16(30-4)12-23-17/h6-7,12,14,22H,5,8-11,13H2,1-4H3,(H,23,24,25,26)/t14-/m1/s1. The third kappa shape index (κ3) is 4.70. The van der Waals surface area contributed by atoms with Crippen molar-refractivity contribution in [3.05, 3.63) is 24.0 Å². The number of hydrogen-bond acceptors (Lipinski definition) is 9. The van der Waals surface area contributed by atoms with E-state index in [9.17, 15) is 0 Å². The summed E-state index contributed by atoms with van der Waals surface area (Å²) in [5.74, 6) is 2.76. The Labute approximate surface area is 182 Å². The first-order valence-electron chi connectivity index (χ1n) is 10.7. The van der Waals surface area contributed by atoms with Crippen molar-refractivity contribution in [1.29, 1.82) is 0 Å². The molecule has 0 spiro atoms. The highest BCUT2D eigenvalue weighted by molar-refractivity contribution is 5.90. The van der Waals surface area contributed by atoms with Crippen LogP contribution in [0.2, 0.25) is 0 Å². The molecule has 0 bridgehead atoms. The number of nitrogens with one attached hydrogen (secondary N) is 2. The van der Waals surface area contributed by atoms with Crippen LogP contribution in [0, 0.1) is 6.92 Å². The molecule has 4 rings (SSSR count). The first kappa shape index (κ1) is 21.3. The molecule has 10 heteroatoms. The predicted octanol–water partition coefficient (Wildman–Crippen LogP) is 2.12. The van der Waals surface area contributed by atoms with Crippen molar-refractivity contribution in [1.82, 2.24) is 30.0 Å². The van der Waals surface area contributed by atoms with E-state index in [1.54, 1.807) is 13.3 Å². The molecular formula is C21H30N8O2. The second-order valence-electron chi connectivity index (χ2n) is 7.58. The van der Waals surface area contributed by atoms with Crippen molar-refractivity contribution >= 4 is 28.6 Å². The lowest BCUT2D eigenvalue weighted by molar-refractivity contribution is 0.137. The smallest absolute Gasteiger partial charge is 0.228 e. The maximum atomic E-state index is 5.55. The van der Waals surface area contributed by atoms with Crippen LogP contribution in [0.4, 0.5) is 17.6 Å². The topological polar surface area (TPSA) is 102 Å². The van der Waals surface area contributed by atoms with Crippen LogP contribution in [0.3, 0.4) is 0 Å². The lowest BCUT2D eigenvalue weighted by Gasteiger charge is -2.32. The van der Waals surface area contributed by atoms with Crippen molar-refractivity contribution in [2.24, 2.45) is 0 Å². The van der Waals surface area contributed by atoms with Crippen LogP contribution in [0.1, 0.15) is 19.5 Å². The molecule has 10 nitrogen and oxygen atoms in total. The summed E-state index contributed by atoms with van der Waals surface area (Å²) in [4.78, 5) is 16.5. The molecule has 0 unspecified atom stereocenters. The number of aromatic nitrogens is 5. The van der Waals surface area contributed by atoms with Crippen LogP contribution >= 0.6 is 0 Å². The molecule has 2 N–H and O–H groups in total. The Bertz CT molecular complexity index is 1020. The van der Waals surface area contributed by atoms with Crippen molar-refractivity contribution in [2.45, 2.75) is 33.4 Å². The Balaban J connectivity index is 1.76. The Kier molecular flexibility index (Phi) is 6.47. The molecule has 0 aromatic carbocycles. The molecule has 0 radical (unpaired) electrons. The summed E-state index contributed by atoms with van der Waals surface area (Å²) < 4.78 is 12.7. The third-order valence-corrected chi connectivity index (χ3v) is 5.27. The molecule has 31 heavy (non-hydrogen) atoms. The monoisotopic (exact) mass is 426 g/mol. The van der Waals surface area contributed by atoms with E-state index in [1.165, 1.54) is 0 Å². The quantitative estimate of drug-likeness (QED) is 0.524. The molecule has 4 heterocycles. The molecular weight excluding hydrogens is 396 g/mol. The number of anilines is 3. The number of methoxy groups -OCH3 is 1. The average molecular weight is 427 g/mol. The lowest BCUT2D eigenvalue weighted by Crippen LogP contribution is -2.49. The van der Waals surface area contributed by atoms with Gasteiger partial charge in [-0.05, 0) is 32.9 Å². The van der Waals surface area contributed by atoms with Crippen molar-refractivity contribution in [3.63, 3.8) is 0 Å². The van der Waals surface area contributed by atoms with Crippen LogP contribution in [-0.4, -0.2) is 70.7 Å². The Morgan fingerprint density at radius 2 is 2.16 bits per heavy atom. The zero-order valence-corrected chi connectivity index (χ0v) is 18.6. The average Bonchev–Trinajstić information content (AvgIpc) is 3.10. The zero-order valence-electron chi connectivity index (χ0n) is 18.6.